The lowest BCUT2D eigenvalue weighted by Crippen LogP contribution is -2.37. The van der Waals surface area contributed by atoms with Crippen molar-refractivity contribution in [3.05, 3.63) is 42.3 Å². The molecule has 6 rings (SSSR count). The minimum absolute atomic E-state index is 0.0454. The van der Waals surface area contributed by atoms with E-state index in [1.54, 1.807) is 24.4 Å². The number of nitrogens with zero attached hydrogens (tertiary/aromatic N) is 4. The summed E-state index contributed by atoms with van der Waals surface area (Å²) in [7, 11) is 0. The Balaban J connectivity index is 1.10. The van der Waals surface area contributed by atoms with E-state index in [1.807, 2.05) is 0 Å². The topological polar surface area (TPSA) is 136 Å². The second-order valence-corrected chi connectivity index (χ2v) is 11.1. The molecule has 11 heteroatoms. The fraction of sp³-hybridized carbons (Fsp3) is 0.464. The van der Waals surface area contributed by atoms with Gasteiger partial charge in [-0.3, -0.25) is 14.6 Å². The summed E-state index contributed by atoms with van der Waals surface area (Å²) >= 11 is 0. The van der Waals surface area contributed by atoms with Gasteiger partial charge >= 0.3 is 0 Å². The molecule has 2 amide bonds. The van der Waals surface area contributed by atoms with Gasteiger partial charge in [0, 0.05) is 23.7 Å². The molecule has 0 unspecified atom stereocenters. The van der Waals surface area contributed by atoms with Gasteiger partial charge in [0.2, 0.25) is 17.7 Å². The second-order valence-electron chi connectivity index (χ2n) is 11.1. The van der Waals surface area contributed by atoms with Gasteiger partial charge in [0.1, 0.15) is 11.3 Å². The van der Waals surface area contributed by atoms with E-state index < -0.39 is 11.2 Å². The lowest BCUT2D eigenvalue weighted by atomic mass is 9.87. The Morgan fingerprint density at radius 2 is 1.87 bits per heavy atom. The van der Waals surface area contributed by atoms with Gasteiger partial charge in [-0.2, -0.15) is 0 Å². The number of rotatable bonds is 8. The van der Waals surface area contributed by atoms with Gasteiger partial charge in [-0.1, -0.05) is 6.92 Å². The summed E-state index contributed by atoms with van der Waals surface area (Å²) in [6, 6.07) is 7.62. The Labute approximate surface area is 225 Å². The number of nitrogens with one attached hydrogen (secondary N) is 2. The van der Waals surface area contributed by atoms with Crippen LogP contribution in [0.2, 0.25) is 0 Å². The molecule has 39 heavy (non-hydrogen) atoms. The normalized spacial score (nSPS) is 22.4. The average Bonchev–Trinajstić information content (AvgIpc) is 3.83. The van der Waals surface area contributed by atoms with Crippen LogP contribution in [0.3, 0.4) is 0 Å². The van der Waals surface area contributed by atoms with Crippen molar-refractivity contribution >= 4 is 34.8 Å². The van der Waals surface area contributed by atoms with Crippen molar-refractivity contribution < 1.29 is 18.7 Å². The van der Waals surface area contributed by atoms with Gasteiger partial charge in [0.25, 0.3) is 0 Å². The predicted octanol–water partition coefficient (Wildman–Crippen LogP) is 4.66. The number of hydrogen-bond donors (Lipinski definition) is 3. The minimum Gasteiger partial charge on any atom is -0.434 e. The van der Waals surface area contributed by atoms with Crippen molar-refractivity contribution in [3.63, 3.8) is 0 Å². The molecule has 3 aromatic rings. The molecule has 0 aliphatic heterocycles. The number of amides is 2. The van der Waals surface area contributed by atoms with E-state index in [2.05, 4.69) is 27.6 Å². The zero-order valence-electron chi connectivity index (χ0n) is 21.8. The third-order valence-electron chi connectivity index (χ3n) is 7.88. The van der Waals surface area contributed by atoms with E-state index in [1.165, 1.54) is 16.6 Å². The van der Waals surface area contributed by atoms with Crippen molar-refractivity contribution in [2.24, 2.45) is 28.0 Å². The quantitative estimate of drug-likeness (QED) is 0.285. The first-order valence-electron chi connectivity index (χ1n) is 13.6. The van der Waals surface area contributed by atoms with E-state index in [9.17, 15) is 14.0 Å². The molecule has 1 aromatic carbocycles. The molecule has 3 saturated carbocycles. The number of aromatic nitrogens is 3. The van der Waals surface area contributed by atoms with E-state index in [0.29, 0.717) is 41.7 Å². The highest BCUT2D eigenvalue weighted by Crippen LogP contribution is 2.47. The Morgan fingerprint density at radius 3 is 2.56 bits per heavy atom. The van der Waals surface area contributed by atoms with E-state index in [4.69, 9.17) is 15.5 Å². The largest absolute Gasteiger partial charge is 0.434 e. The molecule has 10 nitrogen and oxygen atoms in total. The van der Waals surface area contributed by atoms with Gasteiger partial charge in [0.05, 0.1) is 12.2 Å². The fourth-order valence-corrected chi connectivity index (χ4v) is 4.99. The third-order valence-corrected chi connectivity index (χ3v) is 7.88. The van der Waals surface area contributed by atoms with E-state index in [-0.39, 0.29) is 35.4 Å². The van der Waals surface area contributed by atoms with Crippen LogP contribution in [0.4, 0.5) is 15.9 Å². The maximum atomic E-state index is 14.9. The minimum atomic E-state index is -0.810. The summed E-state index contributed by atoms with van der Waals surface area (Å²) in [5, 5.41) is 9.87. The highest BCUT2D eigenvalue weighted by Gasteiger charge is 2.53. The number of carbonyl (C=O) groups excluding carboxylic acids is 2. The van der Waals surface area contributed by atoms with Crippen molar-refractivity contribution in [1.29, 1.82) is 0 Å². The number of fused-ring (bicyclic) bond motifs is 1. The van der Waals surface area contributed by atoms with Gasteiger partial charge in [0.15, 0.2) is 23.0 Å². The number of halogens is 1. The van der Waals surface area contributed by atoms with Crippen molar-refractivity contribution in [2.75, 3.05) is 10.6 Å². The molecule has 2 heterocycles. The molecular weight excluding hydrogens is 501 g/mol. The van der Waals surface area contributed by atoms with Crippen LogP contribution in [0, 0.1) is 23.1 Å². The number of nitrogens with two attached hydrogens (primary N) is 1. The molecular formula is C28H32FN7O3. The van der Waals surface area contributed by atoms with Crippen LogP contribution in [0.25, 0.3) is 5.65 Å². The first kappa shape index (κ1) is 25.3. The Morgan fingerprint density at radius 1 is 1.10 bits per heavy atom. The highest BCUT2D eigenvalue weighted by molar-refractivity contribution is 6.14. The molecule has 204 valence electrons. The molecule has 0 saturated heterocycles. The Kier molecular flexibility index (Phi) is 6.44. The molecule has 2 aromatic heterocycles. The number of imidazole rings is 1. The molecule has 4 N–H and O–H groups in total. The first-order chi connectivity index (χ1) is 18.8. The number of benzene rings is 1. The van der Waals surface area contributed by atoms with E-state index >= 15 is 0 Å². The Hall–Kier alpha value is -4.02. The standard InChI is InChI=1S/C28H32FN7O3/c1-16-2-6-18(7-3-16)31-26(30)28(12-13-28)27(38)32-19-8-9-21(20(29)14-19)39-24-11-10-23-33-22(15-36(23)35-24)34-25(37)17-4-5-17/h8-11,14-18H,2-7,12-13H2,1H3,(H2,30,31)(H,32,38)(H,34,37). The molecule has 3 fully saturated rings. The maximum Gasteiger partial charge on any atom is 0.238 e. The monoisotopic (exact) mass is 533 g/mol. The number of carbonyl (C=O) groups is 2. The van der Waals surface area contributed by atoms with E-state index in [0.717, 1.165) is 38.5 Å². The average molecular weight is 534 g/mol. The number of ether oxygens (including phenoxy) is 1. The maximum absolute atomic E-state index is 14.9. The van der Waals surface area contributed by atoms with Gasteiger partial charge < -0.3 is 21.1 Å². The zero-order chi connectivity index (χ0) is 27.1. The van der Waals surface area contributed by atoms with Crippen LogP contribution in [0.5, 0.6) is 11.6 Å². The number of hydrogen-bond acceptors (Lipinski definition) is 6. The summed E-state index contributed by atoms with van der Waals surface area (Å²) in [6.07, 6.45) is 8.87. The summed E-state index contributed by atoms with van der Waals surface area (Å²) in [5.74, 6) is 0.685. The number of aliphatic imine (C=N–C) groups is 1. The van der Waals surface area contributed by atoms with Crippen LogP contribution >= 0.6 is 0 Å². The SMILES string of the molecule is CC1CCC(N=C(N)C2(C(=O)Nc3ccc(Oc4ccc5nc(NC(=O)C6CC6)cn5n4)c(F)c3)CC2)CC1. The van der Waals surface area contributed by atoms with Crippen molar-refractivity contribution in [2.45, 2.75) is 64.3 Å². The molecule has 3 aliphatic rings. The van der Waals surface area contributed by atoms with Crippen LogP contribution < -0.4 is 21.1 Å². The fourth-order valence-electron chi connectivity index (χ4n) is 4.99. The van der Waals surface area contributed by atoms with Crippen molar-refractivity contribution in [3.8, 4) is 11.6 Å². The smallest absolute Gasteiger partial charge is 0.238 e. The third kappa shape index (κ3) is 5.43. The summed E-state index contributed by atoms with van der Waals surface area (Å²) in [6.45, 7) is 2.25. The molecule has 0 radical (unpaired) electrons. The van der Waals surface area contributed by atoms with Gasteiger partial charge in [-0.05, 0) is 75.5 Å². The summed E-state index contributed by atoms with van der Waals surface area (Å²) < 4.78 is 22.0. The van der Waals surface area contributed by atoms with Crippen LogP contribution in [-0.2, 0) is 9.59 Å². The van der Waals surface area contributed by atoms with Crippen LogP contribution in [0.15, 0.2) is 41.5 Å². The van der Waals surface area contributed by atoms with Crippen LogP contribution in [-0.4, -0.2) is 38.3 Å². The van der Waals surface area contributed by atoms with Crippen LogP contribution in [0.1, 0.15) is 58.3 Å². The highest BCUT2D eigenvalue weighted by atomic mass is 19.1. The van der Waals surface area contributed by atoms with Crippen molar-refractivity contribution in [1.82, 2.24) is 14.6 Å². The second kappa shape index (κ2) is 9.94. The van der Waals surface area contributed by atoms with Gasteiger partial charge in [-0.15, -0.1) is 5.10 Å². The lowest BCUT2D eigenvalue weighted by molar-refractivity contribution is -0.119. The molecule has 0 bridgehead atoms. The molecule has 0 atom stereocenters. The number of amidine groups is 1. The Bertz CT molecular complexity index is 1450. The zero-order valence-corrected chi connectivity index (χ0v) is 21.8. The summed E-state index contributed by atoms with van der Waals surface area (Å²) in [4.78, 5) is 34.1. The molecule has 0 spiro atoms. The lowest BCUT2D eigenvalue weighted by Gasteiger charge is -2.25. The molecule has 3 aliphatic carbocycles. The first-order valence-corrected chi connectivity index (χ1v) is 13.6. The predicted molar refractivity (Wildman–Crippen MR) is 144 cm³/mol. The summed E-state index contributed by atoms with van der Waals surface area (Å²) in [5.41, 5.74) is 6.33. The number of anilines is 2. The van der Waals surface area contributed by atoms with Gasteiger partial charge in [-0.25, -0.2) is 13.9 Å².